The molecule has 5 rings (SSSR count). The minimum atomic E-state index is -1.30. The zero-order valence-electron chi connectivity index (χ0n) is 27.8. The number of ether oxygens (including phenoxy) is 2. The molecule has 5 aromatic rings. The van der Waals surface area contributed by atoms with E-state index in [1.54, 1.807) is 44.7 Å². The van der Waals surface area contributed by atoms with Gasteiger partial charge in [0.25, 0.3) is 11.8 Å². The number of aromatic nitrogens is 2. The summed E-state index contributed by atoms with van der Waals surface area (Å²) in [6.07, 6.45) is 1.65. The molecule has 0 spiro atoms. The third-order valence-corrected chi connectivity index (χ3v) is 7.69. The van der Waals surface area contributed by atoms with Crippen molar-refractivity contribution in [3.8, 4) is 22.6 Å². The van der Waals surface area contributed by atoms with Crippen LogP contribution in [0.1, 0.15) is 57.5 Å². The van der Waals surface area contributed by atoms with Crippen LogP contribution < -0.4 is 31.0 Å². The minimum absolute atomic E-state index is 0.134. The summed E-state index contributed by atoms with van der Waals surface area (Å²) in [4.78, 5) is 58.1. The van der Waals surface area contributed by atoms with Crippen LogP contribution in [0.3, 0.4) is 0 Å². The van der Waals surface area contributed by atoms with Gasteiger partial charge in [-0.15, -0.1) is 0 Å². The third kappa shape index (κ3) is 8.04. The molecule has 2 amide bonds. The first-order valence-corrected chi connectivity index (χ1v) is 15.4. The van der Waals surface area contributed by atoms with Crippen molar-refractivity contribution < 1.29 is 29.0 Å². The predicted molar refractivity (Wildman–Crippen MR) is 188 cm³/mol. The number of anilines is 2. The molecule has 5 N–H and O–H groups in total. The number of H-pyrrole nitrogens is 1. The molecule has 2 heterocycles. The number of aromatic amines is 1. The van der Waals surface area contributed by atoms with Gasteiger partial charge in [0.2, 0.25) is 5.56 Å². The molecule has 252 valence electrons. The van der Waals surface area contributed by atoms with Gasteiger partial charge in [-0.1, -0.05) is 26.8 Å². The molecule has 0 saturated heterocycles. The summed E-state index contributed by atoms with van der Waals surface area (Å²) >= 11 is 0. The zero-order chi connectivity index (χ0) is 35.3. The second-order valence-corrected chi connectivity index (χ2v) is 12.5. The number of nitrogens with one attached hydrogen (secondary N) is 4. The average Bonchev–Trinajstić information content (AvgIpc) is 3.08. The predicted octanol–water partition coefficient (Wildman–Crippen LogP) is 5.95. The lowest BCUT2D eigenvalue weighted by Crippen LogP contribution is -2.32. The van der Waals surface area contributed by atoms with Gasteiger partial charge in [0, 0.05) is 59.2 Å². The molecule has 0 bridgehead atoms. The van der Waals surface area contributed by atoms with Crippen LogP contribution in [0.25, 0.3) is 21.9 Å². The summed E-state index contributed by atoms with van der Waals surface area (Å²) in [7, 11) is 3.18. The Kier molecular flexibility index (Phi) is 9.97. The monoisotopic (exact) mass is 663 g/mol. The Hall–Kier alpha value is -6.17. The van der Waals surface area contributed by atoms with E-state index in [2.05, 4.69) is 25.9 Å². The molecule has 2 aromatic heterocycles. The maximum Gasteiger partial charge on any atom is 0.336 e. The van der Waals surface area contributed by atoms with Crippen molar-refractivity contribution in [2.75, 3.05) is 31.4 Å². The summed E-state index contributed by atoms with van der Waals surface area (Å²) in [6, 6.07) is 19.4. The number of rotatable bonds is 11. The van der Waals surface area contributed by atoms with Crippen molar-refractivity contribution in [3.63, 3.8) is 0 Å². The fourth-order valence-corrected chi connectivity index (χ4v) is 5.19. The Bertz CT molecular complexity index is 2120. The van der Waals surface area contributed by atoms with Crippen LogP contribution in [0.4, 0.5) is 11.5 Å². The highest BCUT2D eigenvalue weighted by Gasteiger charge is 2.22. The fourth-order valence-electron chi connectivity index (χ4n) is 5.19. The lowest BCUT2D eigenvalue weighted by atomic mass is 9.95. The molecule has 0 radical (unpaired) electrons. The number of carbonyl (C=O) groups excluding carboxylic acids is 2. The van der Waals surface area contributed by atoms with Gasteiger partial charge in [-0.25, -0.2) is 9.78 Å². The van der Waals surface area contributed by atoms with Gasteiger partial charge in [-0.3, -0.25) is 14.4 Å². The van der Waals surface area contributed by atoms with Crippen LogP contribution in [-0.4, -0.2) is 53.6 Å². The van der Waals surface area contributed by atoms with Gasteiger partial charge < -0.3 is 35.5 Å². The molecule has 0 aliphatic heterocycles. The number of hydrogen-bond acceptors (Lipinski definition) is 8. The summed E-state index contributed by atoms with van der Waals surface area (Å²) in [5.41, 5.74) is 0.796. The molecule has 0 saturated carbocycles. The number of hydrogen-bond donors (Lipinski definition) is 5. The summed E-state index contributed by atoms with van der Waals surface area (Å²) in [6.45, 7) is 6.73. The maximum absolute atomic E-state index is 13.6. The highest BCUT2D eigenvalue weighted by Crippen LogP contribution is 2.30. The summed E-state index contributed by atoms with van der Waals surface area (Å²) in [5.74, 6) is -0.399. The van der Waals surface area contributed by atoms with Crippen molar-refractivity contribution in [1.82, 2.24) is 15.3 Å². The number of methoxy groups -OCH3 is 2. The Balaban J connectivity index is 1.40. The molecule has 49 heavy (non-hydrogen) atoms. The second kappa shape index (κ2) is 14.3. The van der Waals surface area contributed by atoms with Crippen molar-refractivity contribution in [3.05, 3.63) is 112 Å². The molecular weight excluding hydrogens is 626 g/mol. The lowest BCUT2D eigenvalue weighted by Gasteiger charge is -2.19. The fraction of sp³-hybridized carbons (Fsp3) is 0.216. The molecule has 12 heteroatoms. The number of benzene rings is 3. The molecule has 12 nitrogen and oxygen atoms in total. The SMILES string of the molecule is COc1ccc(CNc2nccc3cc(NC(=O)c4[nH]c(=O)ccc4-c4ccc(C(=O)NCC(C)(C)C)cc4C(=O)O)ccc23)c(OC)c1. The smallest absolute Gasteiger partial charge is 0.336 e. The Labute approximate surface area is 282 Å². The molecule has 0 atom stereocenters. The van der Waals surface area contributed by atoms with E-state index < -0.39 is 23.3 Å². The first-order valence-electron chi connectivity index (χ1n) is 15.4. The highest BCUT2D eigenvalue weighted by atomic mass is 16.5. The third-order valence-electron chi connectivity index (χ3n) is 7.69. The summed E-state index contributed by atoms with van der Waals surface area (Å²) < 4.78 is 10.8. The van der Waals surface area contributed by atoms with Crippen molar-refractivity contribution in [2.45, 2.75) is 27.3 Å². The van der Waals surface area contributed by atoms with Crippen LogP contribution >= 0.6 is 0 Å². The van der Waals surface area contributed by atoms with Gasteiger partial charge >= 0.3 is 5.97 Å². The largest absolute Gasteiger partial charge is 0.497 e. The number of carbonyl (C=O) groups is 3. The van der Waals surface area contributed by atoms with Gasteiger partial charge in [0.05, 0.1) is 19.8 Å². The number of amides is 2. The van der Waals surface area contributed by atoms with Gasteiger partial charge in [0.1, 0.15) is 23.0 Å². The molecule has 3 aromatic carbocycles. The first kappa shape index (κ1) is 34.2. The maximum atomic E-state index is 13.6. The van der Waals surface area contributed by atoms with Crippen LogP contribution in [0, 0.1) is 5.41 Å². The highest BCUT2D eigenvalue weighted by molar-refractivity contribution is 6.10. The summed E-state index contributed by atoms with van der Waals surface area (Å²) in [5, 5.41) is 20.6. The number of pyridine rings is 2. The lowest BCUT2D eigenvalue weighted by molar-refractivity contribution is 0.0697. The quantitative estimate of drug-likeness (QED) is 0.115. The van der Waals surface area contributed by atoms with Gasteiger partial charge in [0.15, 0.2) is 0 Å². The molecule has 0 aliphatic rings. The Morgan fingerprint density at radius 3 is 2.37 bits per heavy atom. The van der Waals surface area contributed by atoms with Gasteiger partial charge in [-0.05, 0) is 71.0 Å². The van der Waals surface area contributed by atoms with E-state index in [1.165, 1.54) is 30.3 Å². The Morgan fingerprint density at radius 1 is 0.878 bits per heavy atom. The molecule has 0 aliphatic carbocycles. The van der Waals surface area contributed by atoms with Crippen molar-refractivity contribution in [2.24, 2.45) is 5.41 Å². The van der Waals surface area contributed by atoms with Crippen molar-refractivity contribution in [1.29, 1.82) is 0 Å². The Morgan fingerprint density at radius 2 is 1.65 bits per heavy atom. The van der Waals surface area contributed by atoms with Crippen LogP contribution in [0.15, 0.2) is 83.8 Å². The second-order valence-electron chi connectivity index (χ2n) is 12.5. The van der Waals surface area contributed by atoms with Crippen LogP contribution in [0.2, 0.25) is 0 Å². The molecule has 0 unspecified atom stereocenters. The molecule has 0 fully saturated rings. The van der Waals surface area contributed by atoms with E-state index in [9.17, 15) is 24.3 Å². The van der Waals surface area contributed by atoms with Crippen LogP contribution in [-0.2, 0) is 6.54 Å². The number of aromatic carboxylic acids is 1. The minimum Gasteiger partial charge on any atom is -0.497 e. The number of carboxylic acids is 1. The topological polar surface area (TPSA) is 172 Å². The van der Waals surface area contributed by atoms with Crippen LogP contribution in [0.5, 0.6) is 11.5 Å². The van der Waals surface area contributed by atoms with E-state index in [1.807, 2.05) is 39.0 Å². The number of fused-ring (bicyclic) bond motifs is 1. The molecular formula is C37H37N5O7. The first-order chi connectivity index (χ1) is 23.4. The number of carboxylic acid groups (broad SMARTS) is 1. The normalized spacial score (nSPS) is 11.1. The van der Waals surface area contributed by atoms with Crippen molar-refractivity contribution >= 4 is 40.1 Å². The average molecular weight is 664 g/mol. The van der Waals surface area contributed by atoms with E-state index in [0.717, 1.165) is 16.3 Å². The number of nitrogens with zero attached hydrogens (tertiary/aromatic N) is 1. The standard InChI is InChI=1S/C37H37N5O7/c1-37(2,3)20-40-34(44)22-7-10-27(29(17-22)36(46)47)28-12-13-31(43)42-32(28)35(45)41-24-8-11-26-21(16-24)14-15-38-33(26)39-19-23-6-9-25(48-4)18-30(23)49-5/h6-18H,19-20H2,1-5H3,(H,38,39)(H,40,44)(H,41,45)(H,42,43)(H,46,47). The van der Waals surface area contributed by atoms with E-state index in [0.29, 0.717) is 36.1 Å². The van der Waals surface area contributed by atoms with E-state index >= 15 is 0 Å². The zero-order valence-corrected chi connectivity index (χ0v) is 27.8. The van der Waals surface area contributed by atoms with E-state index in [4.69, 9.17) is 9.47 Å². The van der Waals surface area contributed by atoms with Gasteiger partial charge in [-0.2, -0.15) is 0 Å². The van der Waals surface area contributed by atoms with E-state index in [-0.39, 0.29) is 33.4 Å².